The molecule has 0 spiro atoms. The minimum absolute atomic E-state index is 0.0703. The third-order valence-electron chi connectivity index (χ3n) is 9.05. The summed E-state index contributed by atoms with van der Waals surface area (Å²) < 4.78 is 157. The summed E-state index contributed by atoms with van der Waals surface area (Å²) in [7, 11) is -16.2. The van der Waals surface area contributed by atoms with Crippen molar-refractivity contribution >= 4 is 57.9 Å². The number of halogens is 7. The molecule has 0 atom stereocenters. The summed E-state index contributed by atoms with van der Waals surface area (Å²) in [4.78, 5) is 13.2. The molecule has 13 nitrogen and oxygen atoms in total. The number of Topliss-reactive ketones (excluding diaryl/α,β-unsaturated/α-hetero) is 1. The summed E-state index contributed by atoms with van der Waals surface area (Å²) >= 11 is -0.0703. The predicted octanol–water partition coefficient (Wildman–Crippen LogP) is 3.96. The van der Waals surface area contributed by atoms with E-state index in [0.717, 1.165) is 11.3 Å². The molecule has 0 bridgehead atoms. The molecule has 4 aromatic rings. The lowest BCUT2D eigenvalue weighted by Gasteiger charge is -2.18. The molecular weight excluding hydrogens is 1160 g/mol. The van der Waals surface area contributed by atoms with Crippen LogP contribution >= 0.6 is 0 Å². The second kappa shape index (κ2) is 29.9. The highest BCUT2D eigenvalue weighted by Gasteiger charge is 2.38. The zero-order valence-corrected chi connectivity index (χ0v) is 46.4. The number of hydrogen-bond acceptors (Lipinski definition) is 13. The number of ketones is 1. The van der Waals surface area contributed by atoms with Gasteiger partial charge in [0, 0.05) is 16.5 Å². The fourth-order valence-corrected chi connectivity index (χ4v) is 10.4. The highest BCUT2D eigenvalue weighted by atomic mass is 127. The number of alkyl halides is 6. The molecular formula is C46H61F6IO13S5. The standard InChI is InChI=1S/C20H26I.C12H15OS.C8H11S.3C2H4F2O4S/c1-19(2,3)15-7-11-17(12-8-15)21-18-13-9-16(10-14-18)20(4,5)6;13-12(10-14-8-4-5-9-14)11-6-2-1-3-7-11;1-9(2)8-6-4-3-5-7-8;3*3-2(4,1-5)9(6,7)8/h7-14H,1-6H3;1-3,6-7H,4-5,8-10H2;3-7H,1-2H3;3*5H,1H2,(H,6,7,8)/q3*+1;;;/p-3. The molecule has 25 heteroatoms. The van der Waals surface area contributed by atoms with Crippen molar-refractivity contribution in [2.24, 2.45) is 0 Å². The van der Waals surface area contributed by atoms with Crippen LogP contribution in [0.25, 0.3) is 0 Å². The van der Waals surface area contributed by atoms with Gasteiger partial charge in [-0.3, -0.25) is 4.79 Å². The van der Waals surface area contributed by atoms with Crippen molar-refractivity contribution in [2.45, 2.75) is 85.9 Å². The van der Waals surface area contributed by atoms with E-state index < -0.39 is 65.9 Å². The maximum absolute atomic E-state index is 11.8. The van der Waals surface area contributed by atoms with Crippen molar-refractivity contribution < 1.29 is 107 Å². The molecule has 0 unspecified atom stereocenters. The minimum Gasteiger partial charge on any atom is -0.743 e. The average molecular weight is 1220 g/mol. The van der Waals surface area contributed by atoms with Crippen LogP contribution in [-0.2, 0) is 63.0 Å². The van der Waals surface area contributed by atoms with Crippen LogP contribution in [0, 0.1) is 7.14 Å². The number of rotatable bonds is 12. The summed E-state index contributed by atoms with van der Waals surface area (Å²) in [6.45, 7) is 7.68. The molecule has 1 heterocycles. The predicted molar refractivity (Wildman–Crippen MR) is 259 cm³/mol. The Morgan fingerprint density at radius 3 is 1.07 bits per heavy atom. The van der Waals surface area contributed by atoms with E-state index in [2.05, 4.69) is 133 Å². The Labute approximate surface area is 430 Å². The number of benzene rings is 4. The summed E-state index contributed by atoms with van der Waals surface area (Å²) in [5, 5.41) is 9.16. The average Bonchev–Trinajstić information content (AvgIpc) is 3.80. The first-order valence-electron chi connectivity index (χ1n) is 20.8. The Balaban J connectivity index is 0.000000865. The van der Waals surface area contributed by atoms with Gasteiger partial charge in [0.25, 0.3) is 0 Å². The minimum atomic E-state index is -5.69. The third kappa shape index (κ3) is 26.3. The summed E-state index contributed by atoms with van der Waals surface area (Å²) in [5.41, 5.74) is 4.19. The summed E-state index contributed by atoms with van der Waals surface area (Å²) in [6.07, 6.45) is 7.11. The van der Waals surface area contributed by atoms with E-state index in [0.29, 0.717) is 27.6 Å². The van der Waals surface area contributed by atoms with Crippen LogP contribution in [0.3, 0.4) is 0 Å². The van der Waals surface area contributed by atoms with Crippen LogP contribution in [-0.4, -0.2) is 125 Å². The number of hydrogen-bond donors (Lipinski definition) is 3. The van der Waals surface area contributed by atoms with E-state index in [1.54, 1.807) is 0 Å². The first-order chi connectivity index (χ1) is 32.3. The highest BCUT2D eigenvalue weighted by molar-refractivity contribution is 7.97. The molecule has 1 aliphatic heterocycles. The van der Waals surface area contributed by atoms with Gasteiger partial charge < -0.3 is 29.0 Å². The molecule has 1 aliphatic rings. The molecule has 4 aromatic carbocycles. The highest BCUT2D eigenvalue weighted by Crippen LogP contribution is 2.23. The quantitative estimate of drug-likeness (QED) is 0.0599. The Bertz CT molecular complexity index is 2350. The lowest BCUT2D eigenvalue weighted by atomic mass is 9.87. The van der Waals surface area contributed by atoms with Gasteiger partial charge in [-0.2, -0.15) is 26.3 Å². The van der Waals surface area contributed by atoms with Crippen molar-refractivity contribution in [1.29, 1.82) is 0 Å². The maximum atomic E-state index is 11.8. The number of aliphatic hydroxyl groups excluding tert-OH is 3. The molecule has 0 aromatic heterocycles. The van der Waals surface area contributed by atoms with Crippen LogP contribution < -0.4 is 21.2 Å². The van der Waals surface area contributed by atoms with Gasteiger partial charge in [-0.15, -0.1) is 0 Å². The smallest absolute Gasteiger partial charge is 0.357 e. The van der Waals surface area contributed by atoms with Crippen LogP contribution in [0.5, 0.6) is 0 Å². The molecule has 71 heavy (non-hydrogen) atoms. The normalized spacial score (nSPS) is 13.6. The van der Waals surface area contributed by atoms with Crippen molar-refractivity contribution in [2.75, 3.05) is 49.6 Å². The van der Waals surface area contributed by atoms with Gasteiger partial charge in [0.15, 0.2) is 48.1 Å². The molecule has 1 fully saturated rings. The lowest BCUT2D eigenvalue weighted by molar-refractivity contribution is -0.597. The summed E-state index contributed by atoms with van der Waals surface area (Å²) in [6, 6.07) is 38.6. The van der Waals surface area contributed by atoms with E-state index >= 15 is 0 Å². The molecule has 402 valence electrons. The molecule has 0 aliphatic carbocycles. The Morgan fingerprint density at radius 2 is 0.845 bits per heavy atom. The molecule has 3 N–H and O–H groups in total. The van der Waals surface area contributed by atoms with Gasteiger partial charge in [0.2, 0.25) is 5.78 Å². The zero-order valence-electron chi connectivity index (χ0n) is 40.2. The fourth-order valence-electron chi connectivity index (χ4n) is 4.83. The van der Waals surface area contributed by atoms with E-state index in [1.807, 2.05) is 30.3 Å². The van der Waals surface area contributed by atoms with E-state index in [9.17, 15) is 70.0 Å². The van der Waals surface area contributed by atoms with Crippen molar-refractivity contribution in [1.82, 2.24) is 0 Å². The van der Waals surface area contributed by atoms with Crippen LogP contribution in [0.4, 0.5) is 26.3 Å². The van der Waals surface area contributed by atoms with Gasteiger partial charge in [-0.25, -0.2) is 25.3 Å². The second-order valence-electron chi connectivity index (χ2n) is 17.1. The monoisotopic (exact) mass is 1220 g/mol. The third-order valence-corrected chi connectivity index (χ3v) is 17.9. The Kier molecular flexibility index (Phi) is 28.7. The number of aliphatic hydroxyl groups is 3. The van der Waals surface area contributed by atoms with Gasteiger partial charge >= 0.3 is 37.0 Å². The molecule has 5 rings (SSSR count). The van der Waals surface area contributed by atoms with Crippen LogP contribution in [0.2, 0.25) is 0 Å². The van der Waals surface area contributed by atoms with Gasteiger partial charge in [0.1, 0.15) is 43.8 Å². The van der Waals surface area contributed by atoms with E-state index in [1.165, 1.54) is 47.5 Å². The second-order valence-corrected chi connectivity index (χ2v) is 29.1. The number of carbonyl (C=O) groups is 1. The Morgan fingerprint density at radius 1 is 0.549 bits per heavy atom. The van der Waals surface area contributed by atoms with Gasteiger partial charge in [-0.05, 0) is 82.1 Å². The lowest BCUT2D eigenvalue weighted by Crippen LogP contribution is -3.61. The van der Waals surface area contributed by atoms with E-state index in [-0.39, 0.29) is 32.0 Å². The maximum Gasteiger partial charge on any atom is 0.357 e. The van der Waals surface area contributed by atoms with Crippen molar-refractivity contribution in [3.8, 4) is 0 Å². The molecule has 0 amide bonds. The molecule has 1 saturated heterocycles. The van der Waals surface area contributed by atoms with Crippen molar-refractivity contribution in [3.63, 3.8) is 0 Å². The van der Waals surface area contributed by atoms with Gasteiger partial charge in [-0.1, -0.05) is 114 Å². The SMILES string of the molecule is CC(C)(C)c1ccc([I+]c2ccc(C(C)(C)C)cc2)cc1.C[S+](C)c1ccccc1.O=C(C[S+]1CCCC1)c1ccccc1.O=S(=O)([O-])C(F)(F)CO.O=S(=O)([O-])C(F)(F)CO.O=S(=O)([O-])C(F)(F)CO. The first-order valence-corrected chi connectivity index (χ1v) is 30.9. The first kappa shape index (κ1) is 68.2. The fraction of sp³-hybridized carbons (Fsp3) is 0.457. The van der Waals surface area contributed by atoms with Gasteiger partial charge in [0.05, 0.1) is 0 Å². The van der Waals surface area contributed by atoms with Crippen LogP contribution in [0.1, 0.15) is 75.9 Å². The molecule has 0 radical (unpaired) electrons. The van der Waals surface area contributed by atoms with Crippen LogP contribution in [0.15, 0.2) is 114 Å². The summed E-state index contributed by atoms with van der Waals surface area (Å²) in [5.74, 6) is 3.66. The number of carbonyl (C=O) groups excluding carboxylic acids is 1. The van der Waals surface area contributed by atoms with Crippen molar-refractivity contribution in [3.05, 3.63) is 133 Å². The molecule has 0 saturated carbocycles. The van der Waals surface area contributed by atoms with E-state index in [4.69, 9.17) is 15.3 Å². The Hall–Kier alpha value is -2.83. The largest absolute Gasteiger partial charge is 0.743 e. The zero-order chi connectivity index (χ0) is 55.3. The topological polar surface area (TPSA) is 249 Å².